The van der Waals surface area contributed by atoms with Crippen LogP contribution in [0.5, 0.6) is 5.88 Å². The number of aromatic nitrogens is 1. The summed E-state index contributed by atoms with van der Waals surface area (Å²) < 4.78 is 10.2. The van der Waals surface area contributed by atoms with Crippen molar-refractivity contribution in [3.8, 4) is 5.88 Å². The molecule has 19 heavy (non-hydrogen) atoms. The normalized spacial score (nSPS) is 16.2. The third-order valence-corrected chi connectivity index (χ3v) is 3.35. The highest BCUT2D eigenvalue weighted by molar-refractivity contribution is 5.72. The summed E-state index contributed by atoms with van der Waals surface area (Å²) in [7, 11) is 1.45. The smallest absolute Gasteiger partial charge is 0.308 e. The zero-order valence-corrected chi connectivity index (χ0v) is 11.5. The number of rotatable bonds is 4. The summed E-state index contributed by atoms with van der Waals surface area (Å²) in [5.41, 5.74) is 0. The second kappa shape index (κ2) is 6.41. The van der Waals surface area contributed by atoms with Crippen molar-refractivity contribution in [3.05, 3.63) is 18.2 Å². The summed E-state index contributed by atoms with van der Waals surface area (Å²) in [4.78, 5) is 18.1. The van der Waals surface area contributed by atoms with E-state index in [1.165, 1.54) is 7.11 Å². The molecular weight excluding hydrogens is 244 g/mol. The molecule has 1 fully saturated rings. The van der Waals surface area contributed by atoms with Crippen molar-refractivity contribution < 1.29 is 14.3 Å². The second-order valence-electron chi connectivity index (χ2n) is 4.55. The van der Waals surface area contributed by atoms with Gasteiger partial charge in [-0.1, -0.05) is 6.07 Å². The zero-order chi connectivity index (χ0) is 13.7. The highest BCUT2D eigenvalue weighted by Gasteiger charge is 2.26. The van der Waals surface area contributed by atoms with Gasteiger partial charge in [-0.3, -0.25) is 4.79 Å². The maximum absolute atomic E-state index is 11.5. The fourth-order valence-electron chi connectivity index (χ4n) is 2.32. The lowest BCUT2D eigenvalue weighted by Gasteiger charge is -2.31. The van der Waals surface area contributed by atoms with Crippen LogP contribution in [0.25, 0.3) is 0 Å². The molecular formula is C14H20N2O3. The van der Waals surface area contributed by atoms with Crippen molar-refractivity contribution in [2.45, 2.75) is 19.8 Å². The third-order valence-electron chi connectivity index (χ3n) is 3.35. The molecule has 0 amide bonds. The molecule has 2 rings (SSSR count). The van der Waals surface area contributed by atoms with Crippen LogP contribution in [-0.2, 0) is 9.53 Å². The summed E-state index contributed by atoms with van der Waals surface area (Å²) in [5, 5.41) is 0. The van der Waals surface area contributed by atoms with Gasteiger partial charge in [0.1, 0.15) is 5.82 Å². The first-order valence-corrected chi connectivity index (χ1v) is 6.67. The van der Waals surface area contributed by atoms with E-state index in [1.807, 2.05) is 25.1 Å². The molecule has 0 unspecified atom stereocenters. The number of carbonyl (C=O) groups excluding carboxylic acids is 1. The molecule has 0 radical (unpaired) electrons. The van der Waals surface area contributed by atoms with Gasteiger partial charge < -0.3 is 14.4 Å². The van der Waals surface area contributed by atoms with Gasteiger partial charge in [0.2, 0.25) is 5.88 Å². The minimum Gasteiger partial charge on any atom is -0.478 e. The van der Waals surface area contributed by atoms with Crippen molar-refractivity contribution in [3.63, 3.8) is 0 Å². The lowest BCUT2D eigenvalue weighted by molar-refractivity contribution is -0.146. The van der Waals surface area contributed by atoms with Crippen LogP contribution < -0.4 is 9.64 Å². The number of ether oxygens (including phenoxy) is 2. The summed E-state index contributed by atoms with van der Waals surface area (Å²) in [6.07, 6.45) is 1.63. The van der Waals surface area contributed by atoms with Crippen LogP contribution in [0.15, 0.2) is 18.2 Å². The average molecular weight is 264 g/mol. The number of methoxy groups -OCH3 is 1. The van der Waals surface area contributed by atoms with Crippen LogP contribution in [0.4, 0.5) is 5.82 Å². The molecule has 1 aliphatic heterocycles. The van der Waals surface area contributed by atoms with Crippen LogP contribution >= 0.6 is 0 Å². The summed E-state index contributed by atoms with van der Waals surface area (Å²) >= 11 is 0. The predicted molar refractivity (Wildman–Crippen MR) is 72.4 cm³/mol. The molecule has 2 heterocycles. The van der Waals surface area contributed by atoms with Gasteiger partial charge >= 0.3 is 5.97 Å². The third kappa shape index (κ3) is 3.36. The number of piperidine rings is 1. The molecule has 0 atom stereocenters. The number of hydrogen-bond donors (Lipinski definition) is 0. The van der Waals surface area contributed by atoms with Gasteiger partial charge in [0.05, 0.1) is 19.6 Å². The molecule has 1 aromatic rings. The Labute approximate surface area is 113 Å². The highest BCUT2D eigenvalue weighted by Crippen LogP contribution is 2.24. The summed E-state index contributed by atoms with van der Waals surface area (Å²) in [5.74, 6) is 1.48. The standard InChI is InChI=1S/C14H20N2O3/c1-3-19-13-6-4-5-12(15-13)16-9-7-11(8-10-16)14(17)18-2/h4-6,11H,3,7-10H2,1-2H3. The van der Waals surface area contributed by atoms with Crippen LogP contribution in [0, 0.1) is 5.92 Å². The fraction of sp³-hybridized carbons (Fsp3) is 0.571. The molecule has 0 bridgehead atoms. The van der Waals surface area contributed by atoms with E-state index in [9.17, 15) is 4.79 Å². The molecule has 104 valence electrons. The van der Waals surface area contributed by atoms with E-state index in [0.717, 1.165) is 31.7 Å². The average Bonchev–Trinajstić information content (AvgIpc) is 2.47. The highest BCUT2D eigenvalue weighted by atomic mass is 16.5. The Morgan fingerprint density at radius 3 is 2.79 bits per heavy atom. The predicted octanol–water partition coefficient (Wildman–Crippen LogP) is 1.87. The number of anilines is 1. The van der Waals surface area contributed by atoms with E-state index in [0.29, 0.717) is 12.5 Å². The SMILES string of the molecule is CCOc1cccc(N2CCC(C(=O)OC)CC2)n1. The quantitative estimate of drug-likeness (QED) is 0.777. The Morgan fingerprint density at radius 1 is 1.42 bits per heavy atom. The first-order chi connectivity index (χ1) is 9.24. The molecule has 1 aromatic heterocycles. The lowest BCUT2D eigenvalue weighted by atomic mass is 9.97. The van der Waals surface area contributed by atoms with Crippen LogP contribution in [0.2, 0.25) is 0 Å². The topological polar surface area (TPSA) is 51.7 Å². The fourth-order valence-corrected chi connectivity index (χ4v) is 2.32. The lowest BCUT2D eigenvalue weighted by Crippen LogP contribution is -2.37. The number of hydrogen-bond acceptors (Lipinski definition) is 5. The van der Waals surface area contributed by atoms with E-state index in [2.05, 4.69) is 9.88 Å². The Morgan fingerprint density at radius 2 is 2.16 bits per heavy atom. The second-order valence-corrected chi connectivity index (χ2v) is 4.55. The molecule has 0 saturated carbocycles. The van der Waals surface area contributed by atoms with Crippen LogP contribution in [0.3, 0.4) is 0 Å². The first-order valence-electron chi connectivity index (χ1n) is 6.67. The minimum absolute atomic E-state index is 0.0244. The molecule has 0 spiro atoms. The van der Waals surface area contributed by atoms with Crippen molar-refractivity contribution in [2.24, 2.45) is 5.92 Å². The summed E-state index contributed by atoms with van der Waals surface area (Å²) in [6.45, 7) is 4.20. The maximum Gasteiger partial charge on any atom is 0.308 e. The Hall–Kier alpha value is -1.78. The molecule has 5 heteroatoms. The Kier molecular flexibility index (Phi) is 4.60. The number of pyridine rings is 1. The molecule has 0 aromatic carbocycles. The summed E-state index contributed by atoms with van der Waals surface area (Å²) in [6, 6.07) is 5.77. The van der Waals surface area contributed by atoms with Crippen molar-refractivity contribution in [1.29, 1.82) is 0 Å². The van der Waals surface area contributed by atoms with E-state index in [4.69, 9.17) is 9.47 Å². The molecule has 0 N–H and O–H groups in total. The van der Waals surface area contributed by atoms with Crippen molar-refractivity contribution in [2.75, 3.05) is 31.7 Å². The van der Waals surface area contributed by atoms with E-state index >= 15 is 0 Å². The van der Waals surface area contributed by atoms with E-state index in [-0.39, 0.29) is 11.9 Å². The van der Waals surface area contributed by atoms with Gasteiger partial charge in [0.25, 0.3) is 0 Å². The van der Waals surface area contributed by atoms with Crippen LogP contribution in [-0.4, -0.2) is 37.8 Å². The van der Waals surface area contributed by atoms with Gasteiger partial charge in [0, 0.05) is 19.2 Å². The van der Waals surface area contributed by atoms with Gasteiger partial charge in [-0.2, -0.15) is 4.98 Å². The molecule has 5 nitrogen and oxygen atoms in total. The van der Waals surface area contributed by atoms with Gasteiger partial charge in [-0.15, -0.1) is 0 Å². The molecule has 0 aliphatic carbocycles. The number of nitrogens with zero attached hydrogens (tertiary/aromatic N) is 2. The maximum atomic E-state index is 11.5. The van der Waals surface area contributed by atoms with E-state index in [1.54, 1.807) is 0 Å². The Balaban J connectivity index is 1.97. The first kappa shape index (κ1) is 13.6. The number of esters is 1. The minimum atomic E-state index is -0.101. The molecule has 1 saturated heterocycles. The van der Waals surface area contributed by atoms with Crippen molar-refractivity contribution >= 4 is 11.8 Å². The van der Waals surface area contributed by atoms with Gasteiger partial charge in [0.15, 0.2) is 0 Å². The largest absolute Gasteiger partial charge is 0.478 e. The van der Waals surface area contributed by atoms with Gasteiger partial charge in [-0.05, 0) is 25.8 Å². The van der Waals surface area contributed by atoms with Gasteiger partial charge in [-0.25, -0.2) is 0 Å². The number of carbonyl (C=O) groups is 1. The zero-order valence-electron chi connectivity index (χ0n) is 11.5. The Bertz CT molecular complexity index is 428. The van der Waals surface area contributed by atoms with Crippen molar-refractivity contribution in [1.82, 2.24) is 4.98 Å². The molecule has 1 aliphatic rings. The van der Waals surface area contributed by atoms with E-state index < -0.39 is 0 Å². The van der Waals surface area contributed by atoms with Crippen LogP contribution in [0.1, 0.15) is 19.8 Å². The monoisotopic (exact) mass is 264 g/mol.